The van der Waals surface area contributed by atoms with Gasteiger partial charge in [-0.25, -0.2) is 4.39 Å². The topological polar surface area (TPSA) is 58.6 Å². The molecule has 16 heavy (non-hydrogen) atoms. The van der Waals surface area contributed by atoms with Crippen molar-refractivity contribution < 1.29 is 19.0 Å². The van der Waals surface area contributed by atoms with Gasteiger partial charge in [-0.1, -0.05) is 11.6 Å². The Bertz CT molecular complexity index is 423. The summed E-state index contributed by atoms with van der Waals surface area (Å²) in [5.74, 6) is -2.01. The van der Waals surface area contributed by atoms with Gasteiger partial charge in [0, 0.05) is 6.07 Å². The highest BCUT2D eigenvalue weighted by Gasteiger charge is 2.23. The van der Waals surface area contributed by atoms with Crippen molar-refractivity contribution in [3.05, 3.63) is 22.5 Å². The second kappa shape index (κ2) is 5.14. The lowest BCUT2D eigenvalue weighted by Crippen LogP contribution is -2.20. The molecular weight excluding hydrogens is 237 g/mol. The van der Waals surface area contributed by atoms with Crippen LogP contribution < -0.4 is 10.1 Å². The highest BCUT2D eigenvalue weighted by atomic mass is 35.5. The quantitative estimate of drug-likeness (QED) is 0.794. The number of hydrogen-bond donors (Lipinski definition) is 2. The summed E-state index contributed by atoms with van der Waals surface area (Å²) >= 11 is 5.53. The van der Waals surface area contributed by atoms with Crippen molar-refractivity contribution in [2.75, 3.05) is 20.7 Å². The molecule has 0 unspecified atom stereocenters. The van der Waals surface area contributed by atoms with E-state index in [2.05, 4.69) is 5.32 Å². The van der Waals surface area contributed by atoms with Crippen LogP contribution in [-0.2, 0) is 0 Å². The van der Waals surface area contributed by atoms with Crippen LogP contribution in [0.5, 0.6) is 11.5 Å². The predicted octanol–water partition coefficient (Wildman–Crippen LogP) is 1.60. The van der Waals surface area contributed by atoms with Crippen LogP contribution >= 0.6 is 11.6 Å². The Morgan fingerprint density at radius 2 is 2.31 bits per heavy atom. The fourth-order valence-electron chi connectivity index (χ4n) is 1.30. The maximum Gasteiger partial charge on any atom is 0.183 e. The highest BCUT2D eigenvalue weighted by Crippen LogP contribution is 2.36. The smallest absolute Gasteiger partial charge is 0.183 e. The summed E-state index contributed by atoms with van der Waals surface area (Å²) in [6.07, 6.45) is 0. The van der Waals surface area contributed by atoms with Gasteiger partial charge < -0.3 is 15.2 Å². The summed E-state index contributed by atoms with van der Waals surface area (Å²) in [7, 11) is 2.78. The monoisotopic (exact) mass is 247 g/mol. The lowest BCUT2D eigenvalue weighted by atomic mass is 10.1. The Balaban J connectivity index is 3.38. The van der Waals surface area contributed by atoms with Gasteiger partial charge >= 0.3 is 0 Å². The van der Waals surface area contributed by atoms with E-state index in [1.165, 1.54) is 7.11 Å². The molecular formula is C10H11ClFNO3. The molecule has 2 N–H and O–H groups in total. The van der Waals surface area contributed by atoms with E-state index in [0.717, 1.165) is 6.07 Å². The third-order valence-corrected chi connectivity index (χ3v) is 2.25. The molecule has 0 aliphatic heterocycles. The zero-order valence-corrected chi connectivity index (χ0v) is 9.56. The van der Waals surface area contributed by atoms with Crippen LogP contribution in [0.1, 0.15) is 10.4 Å². The maximum absolute atomic E-state index is 13.6. The summed E-state index contributed by atoms with van der Waals surface area (Å²) in [6, 6.07) is 0.992. The molecule has 0 atom stereocenters. The van der Waals surface area contributed by atoms with E-state index >= 15 is 0 Å². The number of likely N-dealkylation sites (N-methyl/N-ethyl adjacent to an activating group) is 1. The number of phenols is 1. The molecule has 0 radical (unpaired) electrons. The molecule has 88 valence electrons. The van der Waals surface area contributed by atoms with E-state index in [1.54, 1.807) is 7.05 Å². The van der Waals surface area contributed by atoms with Crippen molar-refractivity contribution in [1.82, 2.24) is 5.32 Å². The number of rotatable bonds is 4. The second-order valence-electron chi connectivity index (χ2n) is 3.05. The number of ketones is 1. The molecule has 0 aliphatic carbocycles. The third-order valence-electron chi connectivity index (χ3n) is 1.97. The normalized spacial score (nSPS) is 10.2. The zero-order chi connectivity index (χ0) is 12.3. The standard InChI is InChI=1S/C10H11ClFNO3/c1-13-4-7(15)8-9(12)5(11)3-6(14)10(8)16-2/h3,13-14H,4H2,1-2H3. The number of phenolic OH excluding ortho intramolecular Hbond substituents is 1. The van der Waals surface area contributed by atoms with E-state index in [4.69, 9.17) is 16.3 Å². The number of hydrogen-bond acceptors (Lipinski definition) is 4. The molecule has 0 saturated carbocycles. The fraction of sp³-hybridized carbons (Fsp3) is 0.300. The van der Waals surface area contributed by atoms with Crippen LogP contribution in [0.4, 0.5) is 4.39 Å². The number of Topliss-reactive ketones (excluding diaryl/α,β-unsaturated/α-hetero) is 1. The van der Waals surface area contributed by atoms with Crippen molar-refractivity contribution in [2.45, 2.75) is 0 Å². The number of carbonyl (C=O) groups is 1. The Morgan fingerprint density at radius 1 is 1.69 bits per heavy atom. The van der Waals surface area contributed by atoms with Gasteiger partial charge in [0.25, 0.3) is 0 Å². The van der Waals surface area contributed by atoms with E-state index in [9.17, 15) is 14.3 Å². The van der Waals surface area contributed by atoms with Crippen molar-refractivity contribution in [2.24, 2.45) is 0 Å². The summed E-state index contributed by atoms with van der Waals surface area (Å²) < 4.78 is 18.4. The first-order chi connectivity index (χ1) is 7.52. The second-order valence-corrected chi connectivity index (χ2v) is 3.46. The van der Waals surface area contributed by atoms with Crippen molar-refractivity contribution >= 4 is 17.4 Å². The highest BCUT2D eigenvalue weighted by molar-refractivity contribution is 6.31. The van der Waals surface area contributed by atoms with Gasteiger partial charge in [-0.15, -0.1) is 0 Å². The summed E-state index contributed by atoms with van der Waals surface area (Å²) in [5.41, 5.74) is -0.346. The van der Waals surface area contributed by atoms with Crippen LogP contribution in [-0.4, -0.2) is 31.6 Å². The van der Waals surface area contributed by atoms with Crippen LogP contribution in [0.15, 0.2) is 6.07 Å². The van der Waals surface area contributed by atoms with Crippen molar-refractivity contribution in [3.8, 4) is 11.5 Å². The van der Waals surface area contributed by atoms with E-state index in [0.29, 0.717) is 0 Å². The molecule has 0 amide bonds. The average molecular weight is 248 g/mol. The third kappa shape index (κ3) is 2.25. The van der Waals surface area contributed by atoms with Crippen LogP contribution in [0.25, 0.3) is 0 Å². The lowest BCUT2D eigenvalue weighted by molar-refractivity contribution is 0.0985. The van der Waals surface area contributed by atoms with E-state index < -0.39 is 11.6 Å². The van der Waals surface area contributed by atoms with E-state index in [1.807, 2.05) is 0 Å². The predicted molar refractivity (Wildman–Crippen MR) is 57.9 cm³/mol. The zero-order valence-electron chi connectivity index (χ0n) is 8.80. The number of nitrogens with one attached hydrogen (secondary N) is 1. The minimum absolute atomic E-state index is 0.0763. The molecule has 1 rings (SSSR count). The SMILES string of the molecule is CNCC(=O)c1c(F)c(Cl)cc(O)c1OC. The summed E-state index contributed by atoms with van der Waals surface area (Å²) in [6.45, 7) is -0.0763. The number of aromatic hydroxyl groups is 1. The summed E-state index contributed by atoms with van der Waals surface area (Å²) in [4.78, 5) is 11.6. The van der Waals surface area contributed by atoms with Crippen LogP contribution in [0.3, 0.4) is 0 Å². The van der Waals surface area contributed by atoms with Gasteiger partial charge in [0.15, 0.2) is 23.1 Å². The van der Waals surface area contributed by atoms with Gasteiger partial charge in [-0.05, 0) is 7.05 Å². The molecule has 0 fully saturated rings. The van der Waals surface area contributed by atoms with Gasteiger partial charge in [-0.2, -0.15) is 0 Å². The number of benzene rings is 1. The van der Waals surface area contributed by atoms with Gasteiger partial charge in [0.1, 0.15) is 5.56 Å². The molecule has 0 bridgehead atoms. The maximum atomic E-state index is 13.6. The van der Waals surface area contributed by atoms with Crippen LogP contribution in [0, 0.1) is 5.82 Å². The first-order valence-corrected chi connectivity index (χ1v) is 4.83. The van der Waals surface area contributed by atoms with E-state index in [-0.39, 0.29) is 28.6 Å². The number of ether oxygens (including phenoxy) is 1. The largest absolute Gasteiger partial charge is 0.504 e. The molecule has 4 nitrogen and oxygen atoms in total. The molecule has 6 heteroatoms. The van der Waals surface area contributed by atoms with Gasteiger partial charge in [0.05, 0.1) is 18.7 Å². The summed E-state index contributed by atoms with van der Waals surface area (Å²) in [5, 5.41) is 11.7. The Hall–Kier alpha value is -1.33. The Labute approximate surface area is 97.0 Å². The number of methoxy groups -OCH3 is 1. The number of halogens is 2. The van der Waals surface area contributed by atoms with Crippen molar-refractivity contribution in [3.63, 3.8) is 0 Å². The molecule has 0 heterocycles. The first-order valence-electron chi connectivity index (χ1n) is 4.45. The molecule has 1 aromatic rings. The molecule has 1 aromatic carbocycles. The molecule has 0 saturated heterocycles. The Kier molecular flexibility index (Phi) is 4.09. The van der Waals surface area contributed by atoms with Gasteiger partial charge in [-0.3, -0.25) is 4.79 Å². The lowest BCUT2D eigenvalue weighted by Gasteiger charge is -2.11. The minimum atomic E-state index is -0.892. The minimum Gasteiger partial charge on any atom is -0.504 e. The van der Waals surface area contributed by atoms with Gasteiger partial charge in [0.2, 0.25) is 0 Å². The van der Waals surface area contributed by atoms with Crippen LogP contribution in [0.2, 0.25) is 5.02 Å². The number of carbonyl (C=O) groups excluding carboxylic acids is 1. The van der Waals surface area contributed by atoms with Crippen molar-refractivity contribution in [1.29, 1.82) is 0 Å². The fourth-order valence-corrected chi connectivity index (χ4v) is 1.50. The Morgan fingerprint density at radius 3 is 2.81 bits per heavy atom. The molecule has 0 aromatic heterocycles. The molecule has 0 spiro atoms. The average Bonchev–Trinajstić information content (AvgIpc) is 2.23. The first kappa shape index (κ1) is 12.7. The molecule has 0 aliphatic rings.